The van der Waals surface area contributed by atoms with Crippen molar-refractivity contribution in [3.63, 3.8) is 0 Å². The van der Waals surface area contributed by atoms with E-state index in [0.717, 1.165) is 27.9 Å². The van der Waals surface area contributed by atoms with Crippen molar-refractivity contribution < 1.29 is 9.90 Å². The highest BCUT2D eigenvalue weighted by molar-refractivity contribution is 5.95. The van der Waals surface area contributed by atoms with Gasteiger partial charge in [0.2, 0.25) is 0 Å². The Hall–Kier alpha value is -2.92. The predicted molar refractivity (Wildman–Crippen MR) is 109 cm³/mol. The highest BCUT2D eigenvalue weighted by Gasteiger charge is 2.36. The molecule has 0 radical (unpaired) electrons. The molecule has 1 saturated heterocycles. The summed E-state index contributed by atoms with van der Waals surface area (Å²) in [6, 6.07) is 17.8. The molecular weight excluding hydrogens is 350 g/mol. The second kappa shape index (κ2) is 7.24. The van der Waals surface area contributed by atoms with Gasteiger partial charge in [-0.05, 0) is 32.3 Å². The van der Waals surface area contributed by atoms with Crippen LogP contribution in [0.1, 0.15) is 40.0 Å². The van der Waals surface area contributed by atoms with E-state index in [-0.39, 0.29) is 5.91 Å². The average molecular weight is 375 g/mol. The summed E-state index contributed by atoms with van der Waals surface area (Å²) in [4.78, 5) is 14.8. The molecule has 28 heavy (non-hydrogen) atoms. The smallest absolute Gasteiger partial charge is 0.272 e. The fourth-order valence-corrected chi connectivity index (χ4v) is 3.94. The molecule has 3 aromatic rings. The Balaban J connectivity index is 1.50. The number of hydrogen-bond acceptors (Lipinski definition) is 3. The number of aromatic nitrogens is 2. The molecule has 0 unspecified atom stereocenters. The van der Waals surface area contributed by atoms with Crippen molar-refractivity contribution in [1.82, 2.24) is 15.1 Å². The summed E-state index contributed by atoms with van der Waals surface area (Å²) in [5.74, 6) is -0.0570. The molecule has 0 atom stereocenters. The maximum atomic E-state index is 13.0. The summed E-state index contributed by atoms with van der Waals surface area (Å²) in [5, 5.41) is 18.4. The van der Waals surface area contributed by atoms with E-state index in [0.29, 0.717) is 31.6 Å². The summed E-state index contributed by atoms with van der Waals surface area (Å²) < 4.78 is 0. The Labute approximate surface area is 165 Å². The molecule has 5 nitrogen and oxygen atoms in total. The van der Waals surface area contributed by atoms with Gasteiger partial charge >= 0.3 is 0 Å². The summed E-state index contributed by atoms with van der Waals surface area (Å²) in [6.45, 7) is 4.98. The number of aromatic amines is 1. The van der Waals surface area contributed by atoms with Crippen molar-refractivity contribution in [2.75, 3.05) is 13.1 Å². The summed E-state index contributed by atoms with van der Waals surface area (Å²) in [6.07, 6.45) is 1.06. The first-order valence-electron chi connectivity index (χ1n) is 9.67. The fraction of sp³-hybridized carbons (Fsp3) is 0.304. The monoisotopic (exact) mass is 375 g/mol. The first-order chi connectivity index (χ1) is 13.5. The van der Waals surface area contributed by atoms with Crippen LogP contribution in [0.25, 0.3) is 11.3 Å². The van der Waals surface area contributed by atoms with E-state index in [1.165, 1.54) is 0 Å². The van der Waals surface area contributed by atoms with E-state index in [2.05, 4.69) is 10.2 Å². The lowest BCUT2D eigenvalue weighted by atomic mass is 9.84. The van der Waals surface area contributed by atoms with Crippen LogP contribution in [0.2, 0.25) is 0 Å². The number of amides is 1. The maximum Gasteiger partial charge on any atom is 0.272 e. The molecule has 1 amide bonds. The molecule has 2 N–H and O–H groups in total. The third-order valence-electron chi connectivity index (χ3n) is 5.70. The number of nitrogens with zero attached hydrogens (tertiary/aromatic N) is 2. The van der Waals surface area contributed by atoms with E-state index in [1.807, 2.05) is 68.4 Å². The summed E-state index contributed by atoms with van der Waals surface area (Å²) in [5.41, 5.74) is 4.37. The number of piperidine rings is 1. The lowest BCUT2D eigenvalue weighted by Gasteiger charge is -2.38. The Bertz CT molecular complexity index is 986. The minimum atomic E-state index is -0.874. The standard InChI is InChI=1S/C23H25N3O2/c1-16-7-6-10-19(15-16)23(28)11-13-26(14-12-23)22(27)21-17(2)20(24-25-21)18-8-4-3-5-9-18/h3-10,15,28H,11-14H2,1-2H3,(H,24,25). The topological polar surface area (TPSA) is 69.2 Å². The van der Waals surface area contributed by atoms with Gasteiger partial charge in [0.25, 0.3) is 5.91 Å². The molecule has 0 bridgehead atoms. The van der Waals surface area contributed by atoms with Gasteiger partial charge in [-0.3, -0.25) is 9.89 Å². The minimum Gasteiger partial charge on any atom is -0.385 e. The summed E-state index contributed by atoms with van der Waals surface area (Å²) >= 11 is 0. The normalized spacial score (nSPS) is 16.2. The molecule has 1 aliphatic rings. The van der Waals surface area contributed by atoms with Crippen molar-refractivity contribution in [3.8, 4) is 11.3 Å². The summed E-state index contributed by atoms with van der Waals surface area (Å²) in [7, 11) is 0. The van der Waals surface area contributed by atoms with E-state index < -0.39 is 5.60 Å². The van der Waals surface area contributed by atoms with E-state index in [9.17, 15) is 9.90 Å². The van der Waals surface area contributed by atoms with Crippen LogP contribution in [0, 0.1) is 13.8 Å². The van der Waals surface area contributed by atoms with Crippen molar-refractivity contribution in [3.05, 3.63) is 77.0 Å². The zero-order valence-electron chi connectivity index (χ0n) is 16.3. The van der Waals surface area contributed by atoms with Crippen LogP contribution < -0.4 is 0 Å². The lowest BCUT2D eigenvalue weighted by molar-refractivity contribution is -0.0213. The number of carbonyl (C=O) groups excluding carboxylic acids is 1. The van der Waals surface area contributed by atoms with Gasteiger partial charge in [0, 0.05) is 24.2 Å². The molecule has 0 aliphatic carbocycles. The fourth-order valence-electron chi connectivity index (χ4n) is 3.94. The molecule has 2 heterocycles. The van der Waals surface area contributed by atoms with Gasteiger partial charge < -0.3 is 10.0 Å². The van der Waals surface area contributed by atoms with Gasteiger partial charge in [-0.25, -0.2) is 0 Å². The molecule has 0 saturated carbocycles. The van der Waals surface area contributed by atoms with Gasteiger partial charge in [0.1, 0.15) is 5.69 Å². The quantitative estimate of drug-likeness (QED) is 0.731. The van der Waals surface area contributed by atoms with Crippen LogP contribution in [0.5, 0.6) is 0 Å². The van der Waals surface area contributed by atoms with Crippen LogP contribution in [0.15, 0.2) is 54.6 Å². The van der Waals surface area contributed by atoms with Crippen molar-refractivity contribution in [1.29, 1.82) is 0 Å². The number of hydrogen-bond donors (Lipinski definition) is 2. The van der Waals surface area contributed by atoms with Crippen LogP contribution in [0.4, 0.5) is 0 Å². The van der Waals surface area contributed by atoms with Crippen molar-refractivity contribution in [2.24, 2.45) is 0 Å². The zero-order chi connectivity index (χ0) is 19.7. The molecule has 1 aliphatic heterocycles. The number of likely N-dealkylation sites (tertiary alicyclic amines) is 1. The van der Waals surface area contributed by atoms with Gasteiger partial charge in [-0.15, -0.1) is 0 Å². The second-order valence-electron chi connectivity index (χ2n) is 7.63. The number of aliphatic hydroxyl groups is 1. The minimum absolute atomic E-state index is 0.0570. The van der Waals surface area contributed by atoms with Crippen LogP contribution in [0.3, 0.4) is 0 Å². The Morgan fingerprint density at radius 3 is 2.46 bits per heavy atom. The maximum absolute atomic E-state index is 13.0. The van der Waals surface area contributed by atoms with Gasteiger partial charge in [-0.1, -0.05) is 60.2 Å². The number of nitrogens with one attached hydrogen (secondary N) is 1. The first-order valence-corrected chi connectivity index (χ1v) is 9.67. The Kier molecular flexibility index (Phi) is 4.77. The molecule has 0 spiro atoms. The van der Waals surface area contributed by atoms with Crippen molar-refractivity contribution in [2.45, 2.75) is 32.3 Å². The Morgan fingerprint density at radius 1 is 1.07 bits per heavy atom. The third-order valence-corrected chi connectivity index (χ3v) is 5.70. The van der Waals surface area contributed by atoms with Crippen LogP contribution in [-0.2, 0) is 5.60 Å². The molecule has 4 rings (SSSR count). The zero-order valence-corrected chi connectivity index (χ0v) is 16.3. The van der Waals surface area contributed by atoms with Gasteiger partial charge in [0.05, 0.1) is 11.3 Å². The largest absolute Gasteiger partial charge is 0.385 e. The molecule has 1 fully saturated rings. The highest BCUT2D eigenvalue weighted by atomic mass is 16.3. The SMILES string of the molecule is Cc1cccc(C2(O)CCN(C(=O)c3[nH]nc(-c4ccccc4)c3C)CC2)c1. The second-order valence-corrected chi connectivity index (χ2v) is 7.63. The predicted octanol–water partition coefficient (Wildman–Crippen LogP) is 3.82. The number of benzene rings is 2. The molecule has 2 aromatic carbocycles. The average Bonchev–Trinajstić information content (AvgIpc) is 3.10. The Morgan fingerprint density at radius 2 is 1.79 bits per heavy atom. The van der Waals surface area contributed by atoms with Crippen LogP contribution in [-0.4, -0.2) is 39.2 Å². The van der Waals surface area contributed by atoms with Gasteiger partial charge in [-0.2, -0.15) is 5.10 Å². The third kappa shape index (κ3) is 3.34. The van der Waals surface area contributed by atoms with E-state index >= 15 is 0 Å². The molecule has 5 heteroatoms. The van der Waals surface area contributed by atoms with E-state index in [4.69, 9.17) is 0 Å². The number of carbonyl (C=O) groups is 1. The van der Waals surface area contributed by atoms with E-state index in [1.54, 1.807) is 4.90 Å². The highest BCUT2D eigenvalue weighted by Crippen LogP contribution is 2.34. The molecule has 1 aromatic heterocycles. The molecule has 144 valence electrons. The van der Waals surface area contributed by atoms with Gasteiger partial charge in [0.15, 0.2) is 0 Å². The first kappa shape index (κ1) is 18.4. The lowest BCUT2D eigenvalue weighted by Crippen LogP contribution is -2.45. The number of aryl methyl sites for hydroxylation is 1. The van der Waals surface area contributed by atoms with Crippen LogP contribution >= 0.6 is 0 Å². The van der Waals surface area contributed by atoms with Crippen molar-refractivity contribution >= 4 is 5.91 Å². The number of rotatable bonds is 3. The number of H-pyrrole nitrogens is 1. The molecular formula is C23H25N3O2.